The number of nitrogens with two attached hydrogens (primary N) is 2. The van der Waals surface area contributed by atoms with Crippen LogP contribution in [-0.4, -0.2) is 66.6 Å². The van der Waals surface area contributed by atoms with Gasteiger partial charge in [-0.2, -0.15) is 12.6 Å². The van der Waals surface area contributed by atoms with Gasteiger partial charge in [-0.05, 0) is 58.2 Å². The lowest BCUT2D eigenvalue weighted by molar-refractivity contribution is -0.133. The van der Waals surface area contributed by atoms with Crippen molar-refractivity contribution in [1.29, 1.82) is 0 Å². The summed E-state index contributed by atoms with van der Waals surface area (Å²) in [5, 5.41) is 11.4. The average Bonchev–Trinajstić information content (AvgIpc) is 3.25. The molecule has 11 nitrogen and oxygen atoms in total. The predicted octanol–water partition coefficient (Wildman–Crippen LogP) is 4.60. The number of benzene rings is 5. The van der Waals surface area contributed by atoms with Crippen molar-refractivity contribution in [3.05, 3.63) is 156 Å². The smallest absolute Gasteiger partial charge is 0.244 e. The molecule has 0 saturated carbocycles. The Balaban J connectivity index is 1.27. The van der Waals surface area contributed by atoms with Crippen molar-refractivity contribution < 1.29 is 19.2 Å². The number of carbonyl (C=O) groups is 4. The molecule has 0 aliphatic carbocycles. The molecule has 58 heavy (non-hydrogen) atoms. The van der Waals surface area contributed by atoms with E-state index in [1.165, 1.54) is 0 Å². The fraction of sp³-hybridized carbons (Fsp3) is 0.239. The van der Waals surface area contributed by atoms with Gasteiger partial charge in [-0.1, -0.05) is 140 Å². The van der Waals surface area contributed by atoms with Crippen LogP contribution in [0.4, 0.5) is 0 Å². The minimum absolute atomic E-state index is 0.0156. The topological polar surface area (TPSA) is 181 Å². The maximum absolute atomic E-state index is 14.1. The summed E-state index contributed by atoms with van der Waals surface area (Å²) in [6, 6.07) is 42.0. The predicted molar refractivity (Wildman–Crippen MR) is 234 cm³/mol. The highest BCUT2D eigenvalue weighted by Crippen LogP contribution is 2.21. The highest BCUT2D eigenvalue weighted by Gasteiger charge is 2.29. The Morgan fingerprint density at radius 3 is 1.60 bits per heavy atom. The van der Waals surface area contributed by atoms with Crippen molar-refractivity contribution in [1.82, 2.24) is 21.3 Å². The maximum Gasteiger partial charge on any atom is 0.244 e. The molecule has 8 N–H and O–H groups in total. The molecule has 5 aromatic carbocycles. The summed E-state index contributed by atoms with van der Waals surface area (Å²) in [5.41, 5.74) is 17.9. The molecule has 4 amide bonds. The molecule has 0 unspecified atom stereocenters. The molecule has 5 aromatic rings. The molecule has 0 spiro atoms. The van der Waals surface area contributed by atoms with E-state index in [0.29, 0.717) is 19.4 Å². The third kappa shape index (κ3) is 13.7. The molecular weight excluding hydrogens is 747 g/mol. The fourth-order valence-corrected chi connectivity index (χ4v) is 6.65. The molecule has 0 aromatic heterocycles. The lowest BCUT2D eigenvalue weighted by atomic mass is 9.99. The summed E-state index contributed by atoms with van der Waals surface area (Å²) in [6.45, 7) is 0.580. The summed E-state index contributed by atoms with van der Waals surface area (Å²) in [5.74, 6) is -2.00. The van der Waals surface area contributed by atoms with Gasteiger partial charge >= 0.3 is 0 Å². The van der Waals surface area contributed by atoms with Crippen LogP contribution in [-0.2, 0) is 38.4 Å². The van der Waals surface area contributed by atoms with E-state index >= 15 is 0 Å². The molecular formula is C46H51N7O4S. The Hall–Kier alpha value is -6.40. The average molecular weight is 798 g/mol. The summed E-state index contributed by atoms with van der Waals surface area (Å²) in [7, 11) is 0. The van der Waals surface area contributed by atoms with Crippen LogP contribution in [0, 0.1) is 0 Å². The molecule has 300 valence electrons. The highest BCUT2D eigenvalue weighted by atomic mass is 32.1. The highest BCUT2D eigenvalue weighted by molar-refractivity contribution is 7.80. The van der Waals surface area contributed by atoms with Crippen molar-refractivity contribution in [2.75, 3.05) is 18.8 Å². The number of nitrogens with one attached hydrogen (secondary N) is 4. The Kier molecular flexibility index (Phi) is 16.5. The normalized spacial score (nSPS) is 12.3. The van der Waals surface area contributed by atoms with Crippen LogP contribution in [0.3, 0.4) is 0 Å². The van der Waals surface area contributed by atoms with E-state index in [2.05, 4.69) is 38.9 Å². The van der Waals surface area contributed by atoms with Gasteiger partial charge < -0.3 is 32.7 Å². The van der Waals surface area contributed by atoms with E-state index in [0.717, 1.165) is 38.9 Å². The molecule has 12 heteroatoms. The van der Waals surface area contributed by atoms with Gasteiger partial charge in [0.1, 0.15) is 18.1 Å². The van der Waals surface area contributed by atoms with Gasteiger partial charge in [-0.3, -0.25) is 24.2 Å². The number of hydrogen-bond acceptors (Lipinski definition) is 6. The van der Waals surface area contributed by atoms with Gasteiger partial charge in [0.25, 0.3) is 0 Å². The standard InChI is InChI=1S/C46H51N7O4S/c47-46(48)50-27-10-17-39(52-45(57)41(31-58)51-42(54)30-34-20-24-38(25-21-34)36-15-8-3-9-16-36)44(56)53-40(43(55)49-28-26-32-11-4-1-5-12-32)29-33-18-22-37(23-19-33)35-13-6-2-7-14-35/h1-9,11-16,18-25,39-41,58H,10,17,26-31H2,(H,49,55)(H,51,54)(H,52,57)(H,53,56)(H4,47,48,50)/t39-,40-,41-/m0/s1. The molecule has 0 bridgehead atoms. The summed E-state index contributed by atoms with van der Waals surface area (Å²) < 4.78 is 0. The number of guanidine groups is 1. The molecule has 0 heterocycles. The van der Waals surface area contributed by atoms with E-state index in [9.17, 15) is 19.2 Å². The minimum Gasteiger partial charge on any atom is -0.370 e. The number of nitrogens with zero attached hydrogens (tertiary/aromatic N) is 1. The van der Waals surface area contributed by atoms with E-state index in [1.54, 1.807) is 0 Å². The minimum atomic E-state index is -1.08. The first-order valence-corrected chi connectivity index (χ1v) is 20.0. The maximum atomic E-state index is 14.1. The van der Waals surface area contributed by atoms with Crippen LogP contribution >= 0.6 is 12.6 Å². The lowest BCUT2D eigenvalue weighted by Gasteiger charge is -2.25. The van der Waals surface area contributed by atoms with Crippen LogP contribution < -0.4 is 32.7 Å². The molecule has 0 saturated heterocycles. The van der Waals surface area contributed by atoms with Crippen molar-refractivity contribution in [2.24, 2.45) is 16.5 Å². The van der Waals surface area contributed by atoms with Crippen LogP contribution in [0.5, 0.6) is 0 Å². The van der Waals surface area contributed by atoms with Gasteiger partial charge in [-0.15, -0.1) is 0 Å². The first-order chi connectivity index (χ1) is 28.2. The molecule has 0 aliphatic rings. The van der Waals surface area contributed by atoms with E-state index in [1.807, 2.05) is 140 Å². The first-order valence-electron chi connectivity index (χ1n) is 19.3. The number of rotatable bonds is 20. The van der Waals surface area contributed by atoms with Crippen molar-refractivity contribution in [3.8, 4) is 22.3 Å². The third-order valence-electron chi connectivity index (χ3n) is 9.53. The number of aliphatic imine (C=N–C) groups is 1. The number of carbonyl (C=O) groups excluding carboxylic acids is 4. The second-order valence-corrected chi connectivity index (χ2v) is 14.3. The Morgan fingerprint density at radius 1 is 0.552 bits per heavy atom. The van der Waals surface area contributed by atoms with E-state index < -0.39 is 29.9 Å². The second kappa shape index (κ2) is 22.4. The number of hydrogen-bond donors (Lipinski definition) is 7. The van der Waals surface area contributed by atoms with Gasteiger partial charge in [0.15, 0.2) is 5.96 Å². The van der Waals surface area contributed by atoms with Gasteiger partial charge in [0.05, 0.1) is 6.42 Å². The van der Waals surface area contributed by atoms with Crippen molar-refractivity contribution >= 4 is 42.2 Å². The monoisotopic (exact) mass is 797 g/mol. The Morgan fingerprint density at radius 2 is 1.05 bits per heavy atom. The number of thiol groups is 1. The number of amides is 4. The summed E-state index contributed by atoms with van der Waals surface area (Å²) in [4.78, 5) is 58.6. The zero-order chi connectivity index (χ0) is 41.1. The van der Waals surface area contributed by atoms with Crippen LogP contribution in [0.1, 0.15) is 29.5 Å². The van der Waals surface area contributed by atoms with E-state index in [-0.39, 0.29) is 49.3 Å². The second-order valence-electron chi connectivity index (χ2n) is 13.9. The molecule has 0 aliphatic heterocycles. The molecule has 0 fully saturated rings. The SMILES string of the molecule is NC(N)=NCCC[C@H](NC(=O)[C@H](CS)NC(=O)Cc1ccc(-c2ccccc2)cc1)C(=O)N[C@@H](Cc1ccc(-c2ccccc2)cc1)C(=O)NCCc1ccccc1. The van der Waals surface area contributed by atoms with Crippen molar-refractivity contribution in [3.63, 3.8) is 0 Å². The van der Waals surface area contributed by atoms with Gasteiger partial charge in [0, 0.05) is 25.3 Å². The first kappa shape index (κ1) is 42.7. The quantitative estimate of drug-likeness (QED) is 0.0262. The van der Waals surface area contributed by atoms with Crippen LogP contribution in [0.25, 0.3) is 22.3 Å². The third-order valence-corrected chi connectivity index (χ3v) is 9.89. The molecule has 0 radical (unpaired) electrons. The van der Waals surface area contributed by atoms with E-state index in [4.69, 9.17) is 11.5 Å². The van der Waals surface area contributed by atoms with Crippen LogP contribution in [0.2, 0.25) is 0 Å². The van der Waals surface area contributed by atoms with Crippen LogP contribution in [0.15, 0.2) is 145 Å². The summed E-state index contributed by atoms with van der Waals surface area (Å²) >= 11 is 4.34. The Labute approximate surface area is 345 Å². The van der Waals surface area contributed by atoms with Gasteiger partial charge in [0.2, 0.25) is 23.6 Å². The molecule has 3 atom stereocenters. The van der Waals surface area contributed by atoms with Crippen molar-refractivity contribution in [2.45, 2.75) is 50.2 Å². The zero-order valence-corrected chi connectivity index (χ0v) is 33.2. The summed E-state index contributed by atoms with van der Waals surface area (Å²) in [6.07, 6.45) is 1.36. The Bertz CT molecular complexity index is 2100. The largest absolute Gasteiger partial charge is 0.370 e. The fourth-order valence-electron chi connectivity index (χ4n) is 6.39. The zero-order valence-electron chi connectivity index (χ0n) is 32.4. The lowest BCUT2D eigenvalue weighted by Crippen LogP contribution is -2.57. The van der Waals surface area contributed by atoms with Gasteiger partial charge in [-0.25, -0.2) is 0 Å². The molecule has 5 rings (SSSR count).